The first-order valence-electron chi connectivity index (χ1n) is 7.55. The molecule has 0 aromatic heterocycles. The highest BCUT2D eigenvalue weighted by molar-refractivity contribution is 7.89. The molecular formula is C17H15F4NO2S. The van der Waals surface area contributed by atoms with Crippen LogP contribution in [-0.4, -0.2) is 15.0 Å². The van der Waals surface area contributed by atoms with Crippen LogP contribution in [0, 0.1) is 5.82 Å². The number of halogens is 4. The van der Waals surface area contributed by atoms with Crippen molar-refractivity contribution in [1.82, 2.24) is 4.72 Å². The zero-order valence-corrected chi connectivity index (χ0v) is 13.8. The fourth-order valence-electron chi connectivity index (χ4n) is 2.68. The lowest BCUT2D eigenvalue weighted by molar-refractivity contribution is -0.137. The zero-order chi connectivity index (χ0) is 18.3. The average Bonchev–Trinajstić information content (AvgIpc) is 3.34. The number of sulfonamides is 1. The van der Waals surface area contributed by atoms with Gasteiger partial charge in [-0.1, -0.05) is 18.2 Å². The third-order valence-electron chi connectivity index (χ3n) is 4.38. The van der Waals surface area contributed by atoms with Crippen LogP contribution in [0.1, 0.15) is 24.0 Å². The van der Waals surface area contributed by atoms with Crippen LogP contribution in [0.4, 0.5) is 17.6 Å². The summed E-state index contributed by atoms with van der Waals surface area (Å²) in [5.41, 5.74) is -0.640. The molecule has 3 nitrogen and oxygen atoms in total. The molecule has 0 heterocycles. The third-order valence-corrected chi connectivity index (χ3v) is 5.78. The molecule has 1 N–H and O–H groups in total. The molecule has 1 fully saturated rings. The predicted molar refractivity (Wildman–Crippen MR) is 83.9 cm³/mol. The molecule has 3 rings (SSSR count). The second-order valence-corrected chi connectivity index (χ2v) is 7.90. The van der Waals surface area contributed by atoms with Gasteiger partial charge in [0, 0.05) is 12.0 Å². The number of hydrogen-bond acceptors (Lipinski definition) is 2. The van der Waals surface area contributed by atoms with Gasteiger partial charge in [-0.05, 0) is 48.7 Å². The van der Waals surface area contributed by atoms with Gasteiger partial charge in [-0.3, -0.25) is 0 Å². The summed E-state index contributed by atoms with van der Waals surface area (Å²) >= 11 is 0. The first-order chi connectivity index (χ1) is 11.6. The molecule has 1 saturated carbocycles. The molecule has 0 saturated heterocycles. The van der Waals surface area contributed by atoms with Gasteiger partial charge in [0.05, 0.1) is 10.5 Å². The molecule has 8 heteroatoms. The molecule has 2 aromatic carbocycles. The highest BCUT2D eigenvalue weighted by atomic mass is 32.2. The van der Waals surface area contributed by atoms with Crippen LogP contribution < -0.4 is 4.72 Å². The summed E-state index contributed by atoms with van der Waals surface area (Å²) in [7, 11) is -4.08. The van der Waals surface area contributed by atoms with Crippen molar-refractivity contribution in [2.24, 2.45) is 0 Å². The van der Waals surface area contributed by atoms with Crippen LogP contribution in [0.5, 0.6) is 0 Å². The molecule has 0 atom stereocenters. The van der Waals surface area contributed by atoms with Crippen molar-refractivity contribution in [3.63, 3.8) is 0 Å². The minimum atomic E-state index is -4.61. The Labute approximate surface area is 142 Å². The Morgan fingerprint density at radius 3 is 2.24 bits per heavy atom. The minimum Gasteiger partial charge on any atom is -0.210 e. The van der Waals surface area contributed by atoms with E-state index in [9.17, 15) is 26.0 Å². The van der Waals surface area contributed by atoms with E-state index >= 15 is 0 Å². The number of alkyl halides is 3. The van der Waals surface area contributed by atoms with Crippen molar-refractivity contribution >= 4 is 10.0 Å². The Kier molecular flexibility index (Phi) is 4.36. The fourth-order valence-corrected chi connectivity index (χ4v) is 3.85. The lowest BCUT2D eigenvalue weighted by Crippen LogP contribution is -2.32. The maximum Gasteiger partial charge on any atom is 0.416 e. The van der Waals surface area contributed by atoms with Crippen molar-refractivity contribution < 1.29 is 26.0 Å². The summed E-state index contributed by atoms with van der Waals surface area (Å²) in [5.74, 6) is -0.385. The molecule has 0 bridgehead atoms. The predicted octanol–water partition coefficient (Wildman–Crippen LogP) is 3.85. The van der Waals surface area contributed by atoms with Gasteiger partial charge < -0.3 is 0 Å². The smallest absolute Gasteiger partial charge is 0.210 e. The monoisotopic (exact) mass is 373 g/mol. The SMILES string of the molecule is O=S(=O)(NCC1(c2ccc(F)cc2)CC1)c1cccc(C(F)(F)F)c1. The van der Waals surface area contributed by atoms with Crippen molar-refractivity contribution in [3.8, 4) is 0 Å². The minimum absolute atomic E-state index is 0.0528. The molecule has 0 aliphatic heterocycles. The molecule has 0 spiro atoms. The molecule has 2 aromatic rings. The molecule has 25 heavy (non-hydrogen) atoms. The van der Waals surface area contributed by atoms with Crippen LogP contribution in [0.15, 0.2) is 53.4 Å². The van der Waals surface area contributed by atoms with E-state index in [4.69, 9.17) is 0 Å². The second kappa shape index (κ2) is 6.10. The number of nitrogens with one attached hydrogen (secondary N) is 1. The number of rotatable bonds is 5. The Bertz CT molecular complexity index is 872. The molecule has 0 amide bonds. The Morgan fingerprint density at radius 1 is 1.04 bits per heavy atom. The van der Waals surface area contributed by atoms with Crippen LogP contribution in [-0.2, 0) is 21.6 Å². The molecule has 1 aliphatic rings. The summed E-state index contributed by atoms with van der Waals surface area (Å²) in [6.45, 7) is 0.0528. The van der Waals surface area contributed by atoms with Crippen LogP contribution in [0.3, 0.4) is 0 Å². The molecular weight excluding hydrogens is 358 g/mol. The van der Waals surface area contributed by atoms with E-state index in [1.807, 2.05) is 0 Å². The van der Waals surface area contributed by atoms with Gasteiger partial charge in [0.15, 0.2) is 0 Å². The van der Waals surface area contributed by atoms with E-state index in [2.05, 4.69) is 4.72 Å². The number of hydrogen-bond donors (Lipinski definition) is 1. The van der Waals surface area contributed by atoms with Crippen LogP contribution >= 0.6 is 0 Å². The Hall–Kier alpha value is -1.93. The van der Waals surface area contributed by atoms with Crippen molar-refractivity contribution in [1.29, 1.82) is 0 Å². The van der Waals surface area contributed by atoms with Crippen LogP contribution in [0.2, 0.25) is 0 Å². The number of benzene rings is 2. The first-order valence-corrected chi connectivity index (χ1v) is 9.04. The lowest BCUT2D eigenvalue weighted by Gasteiger charge is -2.17. The third kappa shape index (κ3) is 3.85. The summed E-state index contributed by atoms with van der Waals surface area (Å²) in [4.78, 5) is -0.433. The quantitative estimate of drug-likeness (QED) is 0.809. The van der Waals surface area contributed by atoms with E-state index in [0.29, 0.717) is 6.07 Å². The summed E-state index contributed by atoms with van der Waals surface area (Å²) in [5, 5.41) is 0. The molecule has 1 aliphatic carbocycles. The van der Waals surface area contributed by atoms with E-state index < -0.39 is 32.1 Å². The largest absolute Gasteiger partial charge is 0.416 e. The van der Waals surface area contributed by atoms with Gasteiger partial charge >= 0.3 is 6.18 Å². The molecule has 0 radical (unpaired) electrons. The summed E-state index contributed by atoms with van der Waals surface area (Å²) in [6.07, 6.45) is -3.16. The van der Waals surface area contributed by atoms with Gasteiger partial charge in [0.2, 0.25) is 10.0 Å². The van der Waals surface area contributed by atoms with E-state index in [0.717, 1.165) is 36.6 Å². The Balaban J connectivity index is 1.78. The van der Waals surface area contributed by atoms with Gasteiger partial charge in [0.1, 0.15) is 5.82 Å². The summed E-state index contributed by atoms with van der Waals surface area (Å²) in [6, 6.07) is 9.41. The molecule has 0 unspecified atom stereocenters. The zero-order valence-electron chi connectivity index (χ0n) is 13.0. The lowest BCUT2D eigenvalue weighted by atomic mass is 9.96. The van der Waals surface area contributed by atoms with E-state index in [1.165, 1.54) is 12.1 Å². The van der Waals surface area contributed by atoms with Crippen molar-refractivity contribution in [3.05, 3.63) is 65.5 Å². The highest BCUT2D eigenvalue weighted by Gasteiger charge is 2.45. The fraction of sp³-hybridized carbons (Fsp3) is 0.294. The molecule has 134 valence electrons. The van der Waals surface area contributed by atoms with E-state index in [1.54, 1.807) is 12.1 Å². The van der Waals surface area contributed by atoms with Gasteiger partial charge in [-0.25, -0.2) is 17.5 Å². The van der Waals surface area contributed by atoms with Gasteiger partial charge in [-0.2, -0.15) is 13.2 Å². The standard InChI is InChI=1S/C17H15F4NO2S/c18-14-6-4-12(5-7-14)16(8-9-16)11-22-25(23,24)15-3-1-2-13(10-15)17(19,20)21/h1-7,10,22H,8-9,11H2. The van der Waals surface area contributed by atoms with Gasteiger partial charge in [-0.15, -0.1) is 0 Å². The Morgan fingerprint density at radius 2 is 1.68 bits per heavy atom. The normalized spacial score (nSPS) is 16.6. The van der Waals surface area contributed by atoms with Gasteiger partial charge in [0.25, 0.3) is 0 Å². The van der Waals surface area contributed by atoms with Crippen molar-refractivity contribution in [2.75, 3.05) is 6.54 Å². The highest BCUT2D eigenvalue weighted by Crippen LogP contribution is 2.47. The second-order valence-electron chi connectivity index (χ2n) is 6.14. The summed E-state index contributed by atoms with van der Waals surface area (Å²) < 4.78 is 78.3. The van der Waals surface area contributed by atoms with Crippen molar-refractivity contribution in [2.45, 2.75) is 29.3 Å². The maximum absolute atomic E-state index is 13.0. The van der Waals surface area contributed by atoms with E-state index in [-0.39, 0.29) is 12.4 Å². The average molecular weight is 373 g/mol. The van der Waals surface area contributed by atoms with Crippen LogP contribution in [0.25, 0.3) is 0 Å². The topological polar surface area (TPSA) is 46.2 Å². The first kappa shape index (κ1) is 17.9. The maximum atomic E-state index is 13.0.